The summed E-state index contributed by atoms with van der Waals surface area (Å²) in [5.74, 6) is 2.70. The Bertz CT molecular complexity index is 598. The summed E-state index contributed by atoms with van der Waals surface area (Å²) in [5.41, 5.74) is 0. The summed E-state index contributed by atoms with van der Waals surface area (Å²) in [6.07, 6.45) is 6.18. The lowest BCUT2D eigenvalue weighted by atomic mass is 10.4. The average Bonchev–Trinajstić information content (AvgIpc) is 2.99. The molecule has 0 unspecified atom stereocenters. The van der Waals surface area contributed by atoms with E-state index in [1.54, 1.807) is 14.2 Å². The van der Waals surface area contributed by atoms with E-state index in [4.69, 9.17) is 47.4 Å². The van der Waals surface area contributed by atoms with E-state index in [-0.39, 0.29) is 13.2 Å². The Hall–Kier alpha value is -1.82. The maximum absolute atomic E-state index is 11.6. The first-order valence-corrected chi connectivity index (χ1v) is 15.0. The van der Waals surface area contributed by atoms with Gasteiger partial charge >= 0.3 is 11.9 Å². The number of esters is 2. The standard InChI is InChI=1S/C30H54O12/c1-33-13-3-15-35-17-5-19-37-21-7-23-39-25-9-27-41-29(31)11-12-30(32)42-28-10-26-40-24-8-22-38-20-6-18-36-16-4-14-34-2/h3-10,13-28H2,1-2H3. The Morgan fingerprint density at radius 1 is 0.357 bits per heavy atom. The van der Waals surface area contributed by atoms with Crippen molar-refractivity contribution in [2.45, 2.75) is 51.4 Å². The van der Waals surface area contributed by atoms with E-state index in [1.165, 1.54) is 0 Å². The molecular weight excluding hydrogens is 552 g/mol. The molecule has 0 heterocycles. The van der Waals surface area contributed by atoms with Gasteiger partial charge in [0.05, 0.1) is 13.2 Å². The van der Waals surface area contributed by atoms with Crippen LogP contribution in [-0.2, 0) is 57.0 Å². The van der Waals surface area contributed by atoms with Gasteiger partial charge in [0.15, 0.2) is 0 Å². The summed E-state index contributed by atoms with van der Waals surface area (Å²) in [6.45, 7) is 9.17. The van der Waals surface area contributed by atoms with Crippen LogP contribution < -0.4 is 0 Å². The Morgan fingerprint density at radius 3 is 0.810 bits per heavy atom. The largest absolute Gasteiger partial charge is 0.456 e. The Kier molecular flexibility index (Phi) is 33.8. The van der Waals surface area contributed by atoms with Gasteiger partial charge in [-0.25, -0.2) is 9.59 Å². The molecule has 0 bridgehead atoms. The Balaban J connectivity index is 3.36. The lowest BCUT2D eigenvalue weighted by Crippen LogP contribution is -2.10. The molecule has 0 amide bonds. The number of carbonyl (C=O) groups excluding carboxylic acids is 2. The van der Waals surface area contributed by atoms with Gasteiger partial charge in [0.1, 0.15) is 0 Å². The molecule has 0 saturated heterocycles. The van der Waals surface area contributed by atoms with Crippen molar-refractivity contribution in [2.24, 2.45) is 0 Å². The summed E-state index contributed by atoms with van der Waals surface area (Å²) in [6, 6.07) is 0. The van der Waals surface area contributed by atoms with Crippen LogP contribution in [0.15, 0.2) is 0 Å². The predicted molar refractivity (Wildman–Crippen MR) is 155 cm³/mol. The van der Waals surface area contributed by atoms with E-state index in [0.29, 0.717) is 105 Å². The van der Waals surface area contributed by atoms with Crippen molar-refractivity contribution in [3.05, 3.63) is 0 Å². The van der Waals surface area contributed by atoms with Crippen LogP contribution in [0.5, 0.6) is 0 Å². The number of hydrogen-bond donors (Lipinski definition) is 0. The first-order chi connectivity index (χ1) is 20.7. The minimum absolute atomic E-state index is 0.162. The van der Waals surface area contributed by atoms with Gasteiger partial charge < -0.3 is 47.4 Å². The minimum Gasteiger partial charge on any atom is -0.456 e. The summed E-state index contributed by atoms with van der Waals surface area (Å²) in [5, 5.41) is 0. The highest BCUT2D eigenvalue weighted by Crippen LogP contribution is 1.94. The molecule has 0 fully saturated rings. The number of hydrogen-bond acceptors (Lipinski definition) is 12. The quantitative estimate of drug-likeness (QED) is 0.0483. The van der Waals surface area contributed by atoms with Crippen LogP contribution in [0.1, 0.15) is 51.4 Å². The molecule has 0 radical (unpaired) electrons. The summed E-state index contributed by atoms with van der Waals surface area (Å²) in [4.78, 5) is 23.2. The molecule has 42 heavy (non-hydrogen) atoms. The lowest BCUT2D eigenvalue weighted by Gasteiger charge is -2.07. The van der Waals surface area contributed by atoms with Crippen molar-refractivity contribution in [1.82, 2.24) is 0 Å². The molecule has 0 aliphatic heterocycles. The fraction of sp³-hybridized carbons (Fsp3) is 0.867. The van der Waals surface area contributed by atoms with Crippen molar-refractivity contribution in [3.8, 4) is 11.8 Å². The zero-order valence-corrected chi connectivity index (χ0v) is 25.9. The van der Waals surface area contributed by atoms with Crippen LogP contribution >= 0.6 is 0 Å². The topological polar surface area (TPSA) is 126 Å². The summed E-state index contributed by atoms with van der Waals surface area (Å²) >= 11 is 0. The fourth-order valence-corrected chi connectivity index (χ4v) is 3.10. The molecule has 0 aromatic heterocycles. The molecule has 0 N–H and O–H groups in total. The van der Waals surface area contributed by atoms with Crippen LogP contribution in [0, 0.1) is 11.8 Å². The maximum atomic E-state index is 11.6. The molecule has 12 heteroatoms. The second kappa shape index (κ2) is 35.4. The number of rotatable bonds is 32. The molecule has 0 aromatic rings. The molecule has 0 aliphatic rings. The summed E-state index contributed by atoms with van der Waals surface area (Å²) in [7, 11) is 3.36. The van der Waals surface area contributed by atoms with E-state index in [2.05, 4.69) is 11.8 Å². The van der Waals surface area contributed by atoms with E-state index in [1.807, 2.05) is 0 Å². The van der Waals surface area contributed by atoms with Gasteiger partial charge in [-0.3, -0.25) is 0 Å². The smallest absolute Gasteiger partial charge is 0.384 e. The third-order valence-electron chi connectivity index (χ3n) is 5.18. The molecule has 0 aliphatic carbocycles. The van der Waals surface area contributed by atoms with Gasteiger partial charge in [0, 0.05) is 131 Å². The Labute approximate surface area is 252 Å². The highest BCUT2D eigenvalue weighted by Gasteiger charge is 2.01. The van der Waals surface area contributed by atoms with Crippen molar-refractivity contribution < 1.29 is 57.0 Å². The molecule has 0 rings (SSSR count). The maximum Gasteiger partial charge on any atom is 0.384 e. The Morgan fingerprint density at radius 2 is 0.571 bits per heavy atom. The van der Waals surface area contributed by atoms with Crippen LogP contribution in [0.4, 0.5) is 0 Å². The first-order valence-electron chi connectivity index (χ1n) is 15.0. The van der Waals surface area contributed by atoms with Crippen molar-refractivity contribution in [2.75, 3.05) is 120 Å². The van der Waals surface area contributed by atoms with Gasteiger partial charge in [-0.15, -0.1) is 0 Å². The third-order valence-corrected chi connectivity index (χ3v) is 5.18. The van der Waals surface area contributed by atoms with E-state index < -0.39 is 11.9 Å². The first kappa shape index (κ1) is 40.2. The van der Waals surface area contributed by atoms with E-state index in [0.717, 1.165) is 38.5 Å². The minimum atomic E-state index is -0.775. The van der Waals surface area contributed by atoms with Gasteiger partial charge in [-0.2, -0.15) is 0 Å². The van der Waals surface area contributed by atoms with E-state index in [9.17, 15) is 9.59 Å². The van der Waals surface area contributed by atoms with Gasteiger partial charge in [0.2, 0.25) is 0 Å². The van der Waals surface area contributed by atoms with Crippen LogP contribution in [0.3, 0.4) is 0 Å². The van der Waals surface area contributed by atoms with Gasteiger partial charge in [-0.1, -0.05) is 0 Å². The SMILES string of the molecule is COCCCOCCCOCCCOCCCOC(=O)C#CC(=O)OCCCOCCCOCCCOCCCOC. The molecule has 0 aromatic carbocycles. The van der Waals surface area contributed by atoms with Crippen LogP contribution in [-0.4, -0.2) is 132 Å². The second-order valence-electron chi connectivity index (χ2n) is 9.01. The van der Waals surface area contributed by atoms with Gasteiger partial charge in [-0.05, 0) is 38.5 Å². The van der Waals surface area contributed by atoms with Crippen molar-refractivity contribution in [1.29, 1.82) is 0 Å². The fourth-order valence-electron chi connectivity index (χ4n) is 3.10. The highest BCUT2D eigenvalue weighted by molar-refractivity contribution is 5.98. The molecular formula is C30H54O12. The van der Waals surface area contributed by atoms with Crippen LogP contribution in [0.25, 0.3) is 0 Å². The number of methoxy groups -OCH3 is 2. The lowest BCUT2D eigenvalue weighted by molar-refractivity contribution is -0.139. The number of ether oxygens (including phenoxy) is 10. The normalized spacial score (nSPS) is 10.8. The molecule has 0 atom stereocenters. The number of carbonyl (C=O) groups is 2. The van der Waals surface area contributed by atoms with Crippen LogP contribution in [0.2, 0.25) is 0 Å². The zero-order chi connectivity index (χ0) is 30.6. The molecule has 246 valence electrons. The average molecular weight is 607 g/mol. The van der Waals surface area contributed by atoms with Gasteiger partial charge in [0.25, 0.3) is 0 Å². The highest BCUT2D eigenvalue weighted by atomic mass is 16.5. The zero-order valence-electron chi connectivity index (χ0n) is 25.9. The van der Waals surface area contributed by atoms with Crippen molar-refractivity contribution >= 4 is 11.9 Å². The van der Waals surface area contributed by atoms with Crippen molar-refractivity contribution in [3.63, 3.8) is 0 Å². The monoisotopic (exact) mass is 606 g/mol. The third kappa shape index (κ3) is 34.4. The molecule has 0 spiro atoms. The predicted octanol–water partition coefficient (Wildman–Crippen LogP) is 2.59. The summed E-state index contributed by atoms with van der Waals surface area (Å²) < 4.78 is 52.7. The second-order valence-corrected chi connectivity index (χ2v) is 9.01. The van der Waals surface area contributed by atoms with E-state index >= 15 is 0 Å². The molecule has 12 nitrogen and oxygen atoms in total. The molecule has 0 saturated carbocycles.